The fraction of sp³-hybridized carbons (Fsp3) is 0.280. The Morgan fingerprint density at radius 2 is 1.67 bits per heavy atom. The first-order valence-corrected chi connectivity index (χ1v) is 11.4. The maximum absolute atomic E-state index is 12.3. The van der Waals surface area contributed by atoms with Crippen LogP contribution in [-0.4, -0.2) is 86.1 Å². The third-order valence-corrected chi connectivity index (χ3v) is 6.30. The number of carboxylic acids is 1. The first-order valence-electron chi connectivity index (χ1n) is 11.4. The van der Waals surface area contributed by atoms with Crippen LogP contribution in [0, 0.1) is 0 Å². The molecular weight excluding hydrogens is 524 g/mol. The second-order valence-electron chi connectivity index (χ2n) is 8.75. The van der Waals surface area contributed by atoms with Crippen LogP contribution in [-0.2, 0) is 4.74 Å². The summed E-state index contributed by atoms with van der Waals surface area (Å²) in [5.41, 5.74) is -0.823. The van der Waals surface area contributed by atoms with Crippen molar-refractivity contribution in [1.82, 2.24) is 0 Å². The van der Waals surface area contributed by atoms with E-state index in [0.29, 0.717) is 0 Å². The van der Waals surface area contributed by atoms with Gasteiger partial charge in [-0.05, 0) is 12.1 Å². The van der Waals surface area contributed by atoms with E-state index in [9.17, 15) is 45.3 Å². The monoisotopic (exact) mass is 546 g/mol. The summed E-state index contributed by atoms with van der Waals surface area (Å²) in [5.74, 6) is -4.05. The summed E-state index contributed by atoms with van der Waals surface area (Å²) in [6.45, 7) is -0.747. The minimum absolute atomic E-state index is 0.00612. The Balaban J connectivity index is 1.83. The van der Waals surface area contributed by atoms with Gasteiger partial charge in [0.1, 0.15) is 35.6 Å². The SMILES string of the molecule is COc1cc(-c2oc3cc(=O)cc4oc(C(=O)O)cc(c2O[C@@H]2O[C@H](CO)[C@@H](O)[C@H](O)[C@H]2O)c43)cc(O)c1O. The summed E-state index contributed by atoms with van der Waals surface area (Å²) < 4.78 is 27.8. The Morgan fingerprint density at radius 1 is 0.974 bits per heavy atom. The molecule has 0 aliphatic carbocycles. The van der Waals surface area contributed by atoms with E-state index in [-0.39, 0.29) is 44.8 Å². The van der Waals surface area contributed by atoms with Crippen LogP contribution in [0.5, 0.6) is 23.0 Å². The number of hydrogen-bond acceptors (Lipinski definition) is 13. The molecule has 0 saturated carbocycles. The molecule has 0 amide bonds. The molecule has 1 saturated heterocycles. The molecule has 0 radical (unpaired) electrons. The Kier molecular flexibility index (Phi) is 6.57. The zero-order valence-electron chi connectivity index (χ0n) is 20.0. The van der Waals surface area contributed by atoms with Gasteiger partial charge in [0, 0.05) is 29.1 Å². The molecule has 1 aliphatic rings. The largest absolute Gasteiger partial charge is 0.504 e. The maximum atomic E-state index is 12.3. The smallest absolute Gasteiger partial charge is 0.371 e. The molecule has 3 heterocycles. The van der Waals surface area contributed by atoms with Crippen molar-refractivity contribution in [3.05, 3.63) is 46.3 Å². The van der Waals surface area contributed by atoms with Crippen molar-refractivity contribution in [2.75, 3.05) is 13.7 Å². The molecule has 5 atom stereocenters. The molecule has 2 aromatic heterocycles. The molecule has 206 valence electrons. The van der Waals surface area contributed by atoms with E-state index in [0.717, 1.165) is 24.3 Å². The first kappa shape index (κ1) is 26.3. The predicted molar refractivity (Wildman–Crippen MR) is 129 cm³/mol. The Bertz CT molecular complexity index is 1630. The van der Waals surface area contributed by atoms with Gasteiger partial charge in [0.2, 0.25) is 17.8 Å². The van der Waals surface area contributed by atoms with Gasteiger partial charge in [0.25, 0.3) is 0 Å². The lowest BCUT2D eigenvalue weighted by Gasteiger charge is -2.39. The minimum Gasteiger partial charge on any atom is -0.504 e. The van der Waals surface area contributed by atoms with Gasteiger partial charge < -0.3 is 58.8 Å². The van der Waals surface area contributed by atoms with Gasteiger partial charge in [-0.15, -0.1) is 0 Å². The summed E-state index contributed by atoms with van der Waals surface area (Å²) in [5, 5.41) is 70.7. The Hall–Kier alpha value is -4.34. The Labute approximate surface area is 217 Å². The molecule has 14 heteroatoms. The predicted octanol–water partition coefficient (Wildman–Crippen LogP) is 0.503. The van der Waals surface area contributed by atoms with Crippen molar-refractivity contribution in [3.8, 4) is 34.3 Å². The van der Waals surface area contributed by atoms with Gasteiger partial charge in [-0.3, -0.25) is 4.79 Å². The van der Waals surface area contributed by atoms with Crippen LogP contribution in [0.15, 0.2) is 44.0 Å². The van der Waals surface area contributed by atoms with Gasteiger partial charge >= 0.3 is 5.97 Å². The lowest BCUT2D eigenvalue weighted by atomic mass is 9.99. The summed E-state index contributed by atoms with van der Waals surface area (Å²) in [4.78, 5) is 24.2. The second kappa shape index (κ2) is 9.76. The van der Waals surface area contributed by atoms with Crippen LogP contribution >= 0.6 is 0 Å². The van der Waals surface area contributed by atoms with Crippen LogP contribution in [0.2, 0.25) is 0 Å². The van der Waals surface area contributed by atoms with E-state index in [2.05, 4.69) is 0 Å². The lowest BCUT2D eigenvalue weighted by molar-refractivity contribution is -0.277. The van der Waals surface area contributed by atoms with Crippen LogP contribution in [0.1, 0.15) is 10.6 Å². The van der Waals surface area contributed by atoms with Gasteiger partial charge in [0.05, 0.1) is 19.1 Å². The molecule has 2 aromatic carbocycles. The summed E-state index contributed by atoms with van der Waals surface area (Å²) in [6, 6.07) is 5.51. The molecule has 1 fully saturated rings. The number of hydrogen-bond donors (Lipinski definition) is 7. The number of carbonyl (C=O) groups is 1. The fourth-order valence-corrected chi connectivity index (χ4v) is 4.37. The number of rotatable bonds is 6. The van der Waals surface area contributed by atoms with E-state index in [1.165, 1.54) is 13.2 Å². The minimum atomic E-state index is -1.85. The normalized spacial score (nSPS) is 23.3. The van der Waals surface area contributed by atoms with Crippen molar-refractivity contribution in [2.24, 2.45) is 0 Å². The van der Waals surface area contributed by atoms with Crippen molar-refractivity contribution < 1.29 is 63.6 Å². The number of aromatic carboxylic acids is 1. The van der Waals surface area contributed by atoms with Crippen LogP contribution < -0.4 is 14.9 Å². The number of aliphatic hydroxyl groups is 4. The molecule has 4 aromatic rings. The van der Waals surface area contributed by atoms with Gasteiger partial charge in [-0.2, -0.15) is 0 Å². The zero-order valence-corrected chi connectivity index (χ0v) is 20.0. The van der Waals surface area contributed by atoms with Gasteiger partial charge in [-0.25, -0.2) is 4.79 Å². The molecular formula is C25H22O14. The third kappa shape index (κ3) is 4.39. The standard InChI is InChI=1S/C25H22O14/c1-35-14-3-8(2-11(28)18(14)29)22-23(39-25-21(32)20(31)19(30)16(7-26)38-25)10-6-15(24(33)34)36-12-4-9(27)5-13(37-22)17(10)12/h2-6,16,19-21,25-26,28-32H,7H2,1H3,(H,33,34)/t16-,19-,20+,21-,25+/m1/s1. The van der Waals surface area contributed by atoms with Crippen molar-refractivity contribution >= 4 is 27.9 Å². The number of phenols is 2. The summed E-state index contributed by atoms with van der Waals surface area (Å²) in [6.07, 6.45) is -8.41. The molecule has 5 rings (SSSR count). The van der Waals surface area contributed by atoms with Crippen LogP contribution in [0.3, 0.4) is 0 Å². The molecule has 14 nitrogen and oxygen atoms in total. The first-order chi connectivity index (χ1) is 18.5. The number of benzene rings is 2. The molecule has 1 aliphatic heterocycles. The maximum Gasteiger partial charge on any atom is 0.371 e. The quantitative estimate of drug-likeness (QED) is 0.163. The van der Waals surface area contributed by atoms with Crippen LogP contribution in [0.25, 0.3) is 33.3 Å². The van der Waals surface area contributed by atoms with E-state index in [4.69, 9.17) is 23.0 Å². The lowest BCUT2D eigenvalue weighted by Crippen LogP contribution is -2.60. The van der Waals surface area contributed by atoms with E-state index in [1.807, 2.05) is 0 Å². The average molecular weight is 546 g/mol. The number of methoxy groups -OCH3 is 1. The topological polar surface area (TPSA) is 230 Å². The Morgan fingerprint density at radius 3 is 2.31 bits per heavy atom. The van der Waals surface area contributed by atoms with Crippen molar-refractivity contribution in [1.29, 1.82) is 0 Å². The van der Waals surface area contributed by atoms with Gasteiger partial charge in [0.15, 0.2) is 28.4 Å². The highest BCUT2D eigenvalue weighted by Gasteiger charge is 2.45. The molecule has 0 bridgehead atoms. The highest BCUT2D eigenvalue weighted by molar-refractivity contribution is 6.11. The average Bonchev–Trinajstić information content (AvgIpc) is 2.90. The zero-order chi connectivity index (χ0) is 28.2. The second-order valence-corrected chi connectivity index (χ2v) is 8.75. The molecule has 39 heavy (non-hydrogen) atoms. The number of phenolic OH excluding ortho intramolecular Hbond substituents is 2. The molecule has 0 unspecified atom stereocenters. The summed E-state index contributed by atoms with van der Waals surface area (Å²) >= 11 is 0. The van der Waals surface area contributed by atoms with E-state index < -0.39 is 66.0 Å². The number of ether oxygens (including phenoxy) is 3. The third-order valence-electron chi connectivity index (χ3n) is 6.30. The number of aromatic hydroxyl groups is 2. The van der Waals surface area contributed by atoms with Crippen LogP contribution in [0.4, 0.5) is 0 Å². The van der Waals surface area contributed by atoms with Gasteiger partial charge in [-0.1, -0.05) is 0 Å². The fourth-order valence-electron chi connectivity index (χ4n) is 4.37. The molecule has 7 N–H and O–H groups in total. The van der Waals surface area contributed by atoms with Crippen molar-refractivity contribution in [2.45, 2.75) is 30.7 Å². The number of carboxylic acid groups (broad SMARTS) is 1. The highest BCUT2D eigenvalue weighted by atomic mass is 16.7. The highest BCUT2D eigenvalue weighted by Crippen LogP contribution is 2.47. The number of aliphatic hydroxyl groups excluding tert-OH is 4. The molecule has 0 spiro atoms. The van der Waals surface area contributed by atoms with Crippen molar-refractivity contribution in [3.63, 3.8) is 0 Å². The van der Waals surface area contributed by atoms with E-state index in [1.54, 1.807) is 0 Å². The summed E-state index contributed by atoms with van der Waals surface area (Å²) in [7, 11) is 1.22. The van der Waals surface area contributed by atoms with E-state index >= 15 is 0 Å².